The van der Waals surface area contributed by atoms with E-state index in [1.807, 2.05) is 48.5 Å². The lowest BCUT2D eigenvalue weighted by molar-refractivity contribution is 0.768. The van der Waals surface area contributed by atoms with Crippen LogP contribution in [0.15, 0.2) is 60.7 Å². The van der Waals surface area contributed by atoms with Gasteiger partial charge in [-0.3, -0.25) is 10.9 Å². The molecule has 23 heavy (non-hydrogen) atoms. The first kappa shape index (κ1) is 17.2. The first-order chi connectivity index (χ1) is 11.2. The fraction of sp³-hybridized carbons (Fsp3) is 0.176. The molecule has 0 atom stereocenters. The van der Waals surface area contributed by atoms with Gasteiger partial charge in [-0.05, 0) is 42.0 Å². The number of benzene rings is 2. The third-order valence-corrected chi connectivity index (χ3v) is 3.62. The fourth-order valence-corrected chi connectivity index (χ4v) is 2.22. The quantitative estimate of drug-likeness (QED) is 0.493. The predicted molar refractivity (Wildman–Crippen MR) is 103 cm³/mol. The van der Waals surface area contributed by atoms with Crippen molar-refractivity contribution in [3.8, 4) is 0 Å². The van der Waals surface area contributed by atoms with E-state index in [0.29, 0.717) is 16.8 Å². The van der Waals surface area contributed by atoms with Gasteiger partial charge in [-0.25, -0.2) is 0 Å². The molecule has 2 aromatic rings. The molecule has 4 N–H and O–H groups in total. The summed E-state index contributed by atoms with van der Waals surface area (Å²) in [6.45, 7) is 1.43. The topological polar surface area (TPSA) is 48.1 Å². The maximum Gasteiger partial charge on any atom is 0.185 e. The van der Waals surface area contributed by atoms with Gasteiger partial charge in [0.05, 0.1) is 0 Å². The number of hydrogen-bond donors (Lipinski definition) is 4. The Labute approximate surface area is 147 Å². The summed E-state index contributed by atoms with van der Waals surface area (Å²) in [6.07, 6.45) is 0.916. The molecule has 0 saturated carbocycles. The second kappa shape index (κ2) is 9.76. The molecule has 4 nitrogen and oxygen atoms in total. The standard InChI is InChI=1S/C17H20N4S2/c22-16(18-12-11-14-7-3-1-4-8-14)20-21-17(23)19-13-15-9-5-2-6-10-15/h1-10H,11-13H2,(H2,18,20,22)(H2,19,21,23). The number of nitrogens with one attached hydrogen (secondary N) is 4. The van der Waals surface area contributed by atoms with Crippen molar-refractivity contribution < 1.29 is 0 Å². The van der Waals surface area contributed by atoms with E-state index in [2.05, 4.69) is 33.6 Å². The molecular formula is C17H20N4S2. The van der Waals surface area contributed by atoms with E-state index in [4.69, 9.17) is 24.4 Å². The van der Waals surface area contributed by atoms with Gasteiger partial charge in [-0.2, -0.15) is 0 Å². The summed E-state index contributed by atoms with van der Waals surface area (Å²) in [7, 11) is 0. The van der Waals surface area contributed by atoms with Crippen LogP contribution in [0, 0.1) is 0 Å². The van der Waals surface area contributed by atoms with E-state index < -0.39 is 0 Å². The minimum atomic E-state index is 0.501. The highest BCUT2D eigenvalue weighted by atomic mass is 32.1. The molecule has 6 heteroatoms. The van der Waals surface area contributed by atoms with Crippen molar-refractivity contribution in [3.63, 3.8) is 0 Å². The Morgan fingerprint density at radius 2 is 1.22 bits per heavy atom. The smallest absolute Gasteiger partial charge is 0.185 e. The van der Waals surface area contributed by atoms with Gasteiger partial charge in [0.15, 0.2) is 10.2 Å². The average molecular weight is 345 g/mol. The SMILES string of the molecule is S=C(NCCc1ccccc1)NNC(=S)NCc1ccccc1. The summed E-state index contributed by atoms with van der Waals surface area (Å²) in [6, 6.07) is 20.3. The zero-order valence-electron chi connectivity index (χ0n) is 12.7. The second-order valence-corrected chi connectivity index (χ2v) is 5.73. The Kier molecular flexibility index (Phi) is 7.29. The van der Waals surface area contributed by atoms with Gasteiger partial charge in [0.25, 0.3) is 0 Å². The van der Waals surface area contributed by atoms with E-state index in [9.17, 15) is 0 Å². The first-order valence-corrected chi connectivity index (χ1v) is 8.21. The lowest BCUT2D eigenvalue weighted by Gasteiger charge is -2.14. The van der Waals surface area contributed by atoms with E-state index >= 15 is 0 Å². The van der Waals surface area contributed by atoms with Crippen LogP contribution in [0.2, 0.25) is 0 Å². The molecule has 0 heterocycles. The van der Waals surface area contributed by atoms with Gasteiger partial charge in [-0.15, -0.1) is 0 Å². The first-order valence-electron chi connectivity index (χ1n) is 7.39. The van der Waals surface area contributed by atoms with Crippen molar-refractivity contribution in [3.05, 3.63) is 71.8 Å². The van der Waals surface area contributed by atoms with Crippen molar-refractivity contribution in [2.45, 2.75) is 13.0 Å². The number of hydrogen-bond acceptors (Lipinski definition) is 2. The summed E-state index contributed by atoms with van der Waals surface area (Å²) >= 11 is 10.4. The Hall–Kier alpha value is -2.18. The van der Waals surface area contributed by atoms with Crippen LogP contribution in [-0.4, -0.2) is 16.8 Å². The predicted octanol–water partition coefficient (Wildman–Crippen LogP) is 2.27. The molecule has 0 saturated heterocycles. The molecule has 0 aliphatic rings. The van der Waals surface area contributed by atoms with Crippen molar-refractivity contribution in [2.75, 3.05) is 6.54 Å². The number of hydrazine groups is 1. The molecule has 120 valence electrons. The Morgan fingerprint density at radius 3 is 1.83 bits per heavy atom. The molecule has 0 aliphatic heterocycles. The number of rotatable bonds is 5. The zero-order chi connectivity index (χ0) is 16.3. The lowest BCUT2D eigenvalue weighted by atomic mass is 10.1. The van der Waals surface area contributed by atoms with Gasteiger partial charge in [0.1, 0.15) is 0 Å². The van der Waals surface area contributed by atoms with Gasteiger partial charge in [0.2, 0.25) is 0 Å². The number of thiocarbonyl (C=S) groups is 2. The highest BCUT2D eigenvalue weighted by Gasteiger charge is 1.98. The molecule has 0 amide bonds. The second-order valence-electron chi connectivity index (χ2n) is 4.91. The van der Waals surface area contributed by atoms with Crippen molar-refractivity contribution in [1.29, 1.82) is 0 Å². The van der Waals surface area contributed by atoms with Crippen LogP contribution in [0.1, 0.15) is 11.1 Å². The van der Waals surface area contributed by atoms with Crippen LogP contribution in [-0.2, 0) is 13.0 Å². The zero-order valence-corrected chi connectivity index (χ0v) is 14.3. The molecule has 0 fully saturated rings. The lowest BCUT2D eigenvalue weighted by Crippen LogP contribution is -2.50. The molecule has 2 rings (SSSR count). The molecule has 0 aliphatic carbocycles. The summed E-state index contributed by atoms with van der Waals surface area (Å²) in [5, 5.41) is 7.26. The third-order valence-electron chi connectivity index (χ3n) is 3.13. The van der Waals surface area contributed by atoms with Crippen LogP contribution in [0.3, 0.4) is 0 Å². The monoisotopic (exact) mass is 344 g/mol. The molecular weight excluding hydrogens is 324 g/mol. The molecule has 0 radical (unpaired) electrons. The minimum Gasteiger partial charge on any atom is -0.361 e. The summed E-state index contributed by atoms with van der Waals surface area (Å²) in [4.78, 5) is 0. The highest BCUT2D eigenvalue weighted by molar-refractivity contribution is 7.80. The van der Waals surface area contributed by atoms with Crippen molar-refractivity contribution >= 4 is 34.7 Å². The van der Waals surface area contributed by atoms with E-state index in [0.717, 1.165) is 13.0 Å². The van der Waals surface area contributed by atoms with Crippen molar-refractivity contribution in [2.24, 2.45) is 0 Å². The van der Waals surface area contributed by atoms with Crippen LogP contribution < -0.4 is 21.5 Å². The van der Waals surface area contributed by atoms with Crippen LogP contribution >= 0.6 is 24.4 Å². The van der Waals surface area contributed by atoms with Gasteiger partial charge in [-0.1, -0.05) is 60.7 Å². The van der Waals surface area contributed by atoms with Crippen molar-refractivity contribution in [1.82, 2.24) is 21.5 Å². The normalized spacial score (nSPS) is 9.74. The molecule has 0 unspecified atom stereocenters. The third kappa shape index (κ3) is 7.08. The highest BCUT2D eigenvalue weighted by Crippen LogP contribution is 1.98. The Balaban J connectivity index is 1.57. The largest absolute Gasteiger partial charge is 0.361 e. The Morgan fingerprint density at radius 1 is 0.696 bits per heavy atom. The van der Waals surface area contributed by atoms with Gasteiger partial charge < -0.3 is 10.6 Å². The van der Waals surface area contributed by atoms with Crippen LogP contribution in [0.4, 0.5) is 0 Å². The van der Waals surface area contributed by atoms with Gasteiger partial charge >= 0.3 is 0 Å². The van der Waals surface area contributed by atoms with Gasteiger partial charge in [0, 0.05) is 13.1 Å². The fourth-order valence-electron chi connectivity index (χ4n) is 1.95. The Bertz CT molecular complexity index is 617. The maximum absolute atomic E-state index is 5.19. The van der Waals surface area contributed by atoms with Crippen LogP contribution in [0.25, 0.3) is 0 Å². The van der Waals surface area contributed by atoms with E-state index in [1.54, 1.807) is 0 Å². The molecule has 0 spiro atoms. The summed E-state index contributed by atoms with van der Waals surface area (Å²) < 4.78 is 0. The molecule has 0 aromatic heterocycles. The average Bonchev–Trinajstić information content (AvgIpc) is 2.60. The van der Waals surface area contributed by atoms with E-state index in [-0.39, 0.29) is 0 Å². The van der Waals surface area contributed by atoms with E-state index in [1.165, 1.54) is 11.1 Å². The minimum absolute atomic E-state index is 0.501. The van der Waals surface area contributed by atoms with Crippen LogP contribution in [0.5, 0.6) is 0 Å². The summed E-state index contributed by atoms with van der Waals surface area (Å²) in [5.41, 5.74) is 8.18. The molecule has 0 bridgehead atoms. The molecule has 2 aromatic carbocycles. The summed E-state index contributed by atoms with van der Waals surface area (Å²) in [5.74, 6) is 0. The maximum atomic E-state index is 5.19.